The van der Waals surface area contributed by atoms with Crippen molar-refractivity contribution in [2.24, 2.45) is 0 Å². The number of aliphatic hydroxyl groups is 1. The first-order valence-corrected chi connectivity index (χ1v) is 7.48. The zero-order chi connectivity index (χ0) is 15.1. The van der Waals surface area contributed by atoms with Crippen molar-refractivity contribution in [3.05, 3.63) is 35.9 Å². The molecular formula is C16H24N2O3. The van der Waals surface area contributed by atoms with Crippen LogP contribution in [0.4, 0.5) is 0 Å². The first-order chi connectivity index (χ1) is 10.2. The van der Waals surface area contributed by atoms with Gasteiger partial charge in [-0.1, -0.05) is 30.3 Å². The summed E-state index contributed by atoms with van der Waals surface area (Å²) in [5.41, 5.74) is 1.07. The van der Waals surface area contributed by atoms with Crippen molar-refractivity contribution >= 4 is 5.91 Å². The highest BCUT2D eigenvalue weighted by molar-refractivity contribution is 5.80. The molecule has 5 heteroatoms. The number of nitrogens with zero attached hydrogens (tertiary/aromatic N) is 2. The molecule has 0 spiro atoms. The van der Waals surface area contributed by atoms with Crippen molar-refractivity contribution in [2.75, 3.05) is 39.3 Å². The van der Waals surface area contributed by atoms with E-state index >= 15 is 0 Å². The van der Waals surface area contributed by atoms with Crippen LogP contribution in [0.25, 0.3) is 0 Å². The fourth-order valence-corrected chi connectivity index (χ4v) is 2.46. The molecule has 1 N–H and O–H groups in total. The minimum absolute atomic E-state index is 0.0505. The third-order valence-corrected chi connectivity index (χ3v) is 3.79. The maximum Gasteiger partial charge on any atom is 0.251 e. The number of carbonyl (C=O) groups is 1. The number of rotatable bonds is 6. The smallest absolute Gasteiger partial charge is 0.251 e. The molecule has 21 heavy (non-hydrogen) atoms. The topological polar surface area (TPSA) is 53.0 Å². The van der Waals surface area contributed by atoms with Crippen LogP contribution in [-0.2, 0) is 16.1 Å². The zero-order valence-corrected chi connectivity index (χ0v) is 12.6. The molecule has 1 aromatic rings. The summed E-state index contributed by atoms with van der Waals surface area (Å²) in [4.78, 5) is 16.3. The third-order valence-electron chi connectivity index (χ3n) is 3.79. The lowest BCUT2D eigenvalue weighted by Crippen LogP contribution is -2.51. The Balaban J connectivity index is 1.75. The molecular weight excluding hydrogens is 268 g/mol. The van der Waals surface area contributed by atoms with E-state index in [1.165, 1.54) is 0 Å². The van der Waals surface area contributed by atoms with Gasteiger partial charge in [-0.05, 0) is 12.5 Å². The highest BCUT2D eigenvalue weighted by Gasteiger charge is 2.25. The number of hydrogen-bond donors (Lipinski definition) is 1. The summed E-state index contributed by atoms with van der Waals surface area (Å²) in [6.45, 7) is 6.17. The molecule has 5 nitrogen and oxygen atoms in total. The minimum Gasteiger partial charge on any atom is -0.395 e. The summed E-state index contributed by atoms with van der Waals surface area (Å²) in [7, 11) is 0. The van der Waals surface area contributed by atoms with Gasteiger partial charge in [-0.2, -0.15) is 0 Å². The number of carbonyl (C=O) groups excluding carboxylic acids is 1. The maximum atomic E-state index is 12.3. The number of amides is 1. The van der Waals surface area contributed by atoms with Crippen LogP contribution in [0.1, 0.15) is 12.5 Å². The van der Waals surface area contributed by atoms with Crippen LogP contribution in [0.3, 0.4) is 0 Å². The molecule has 0 saturated carbocycles. The molecule has 1 atom stereocenters. The Labute approximate surface area is 126 Å². The normalized spacial score (nSPS) is 17.7. The quantitative estimate of drug-likeness (QED) is 0.840. The second-order valence-electron chi connectivity index (χ2n) is 5.33. The van der Waals surface area contributed by atoms with Gasteiger partial charge in [-0.15, -0.1) is 0 Å². The van der Waals surface area contributed by atoms with Crippen LogP contribution < -0.4 is 0 Å². The molecule has 0 radical (unpaired) electrons. The molecule has 1 saturated heterocycles. The van der Waals surface area contributed by atoms with Crippen molar-refractivity contribution < 1.29 is 14.6 Å². The van der Waals surface area contributed by atoms with Crippen LogP contribution in [0.2, 0.25) is 0 Å². The van der Waals surface area contributed by atoms with Crippen LogP contribution >= 0.6 is 0 Å². The molecule has 1 aliphatic heterocycles. The second-order valence-corrected chi connectivity index (χ2v) is 5.33. The average molecular weight is 292 g/mol. The number of piperazine rings is 1. The van der Waals surface area contributed by atoms with E-state index in [-0.39, 0.29) is 12.5 Å². The van der Waals surface area contributed by atoms with Crippen LogP contribution in [0.5, 0.6) is 0 Å². The molecule has 1 aromatic carbocycles. The Hall–Kier alpha value is -1.43. The lowest BCUT2D eigenvalue weighted by atomic mass is 10.2. The highest BCUT2D eigenvalue weighted by atomic mass is 16.5. The third kappa shape index (κ3) is 4.81. The molecule has 1 heterocycles. The molecule has 0 bridgehead atoms. The van der Waals surface area contributed by atoms with Gasteiger partial charge in [0, 0.05) is 32.7 Å². The molecule has 0 aliphatic carbocycles. The first kappa shape index (κ1) is 15.9. The molecule has 0 unspecified atom stereocenters. The Kier molecular flexibility index (Phi) is 6.17. The van der Waals surface area contributed by atoms with Gasteiger partial charge in [0.2, 0.25) is 0 Å². The van der Waals surface area contributed by atoms with Gasteiger partial charge in [0.15, 0.2) is 0 Å². The van der Waals surface area contributed by atoms with Crippen LogP contribution in [-0.4, -0.2) is 66.2 Å². The Bertz CT molecular complexity index is 430. The summed E-state index contributed by atoms with van der Waals surface area (Å²) < 4.78 is 5.67. The Morgan fingerprint density at radius 2 is 1.90 bits per heavy atom. The van der Waals surface area contributed by atoms with E-state index in [0.29, 0.717) is 26.2 Å². The SMILES string of the molecule is C[C@H](OCc1ccccc1)C(=O)N1CCN(CCO)CC1. The lowest BCUT2D eigenvalue weighted by molar-refractivity contribution is -0.145. The standard InChI is InChI=1S/C16H24N2O3/c1-14(21-13-15-5-3-2-4-6-15)16(20)18-9-7-17(8-10-18)11-12-19/h2-6,14,19H,7-13H2,1H3/t14-/m0/s1. The molecule has 116 valence electrons. The molecule has 1 aliphatic rings. The predicted octanol–water partition coefficient (Wildman–Crippen LogP) is 0.728. The van der Waals surface area contributed by atoms with Crippen molar-refractivity contribution in [3.8, 4) is 0 Å². The zero-order valence-electron chi connectivity index (χ0n) is 12.6. The van der Waals surface area contributed by atoms with Gasteiger partial charge in [0.25, 0.3) is 5.91 Å². The Morgan fingerprint density at radius 3 is 2.52 bits per heavy atom. The van der Waals surface area contributed by atoms with Gasteiger partial charge >= 0.3 is 0 Å². The van der Waals surface area contributed by atoms with Crippen LogP contribution in [0, 0.1) is 0 Å². The van der Waals surface area contributed by atoms with Gasteiger partial charge in [0.1, 0.15) is 6.10 Å². The van der Waals surface area contributed by atoms with Gasteiger partial charge in [0.05, 0.1) is 13.2 Å². The fourth-order valence-electron chi connectivity index (χ4n) is 2.46. The molecule has 2 rings (SSSR count). The van der Waals surface area contributed by atoms with Gasteiger partial charge < -0.3 is 14.7 Å². The monoisotopic (exact) mass is 292 g/mol. The van der Waals surface area contributed by atoms with E-state index in [1.54, 1.807) is 0 Å². The maximum absolute atomic E-state index is 12.3. The fraction of sp³-hybridized carbons (Fsp3) is 0.562. The predicted molar refractivity (Wildman–Crippen MR) is 80.8 cm³/mol. The number of aliphatic hydroxyl groups excluding tert-OH is 1. The summed E-state index contributed by atoms with van der Waals surface area (Å²) in [6, 6.07) is 9.87. The summed E-state index contributed by atoms with van der Waals surface area (Å²) in [5.74, 6) is 0.0505. The molecule has 0 aromatic heterocycles. The van der Waals surface area contributed by atoms with Crippen molar-refractivity contribution in [3.63, 3.8) is 0 Å². The van der Waals surface area contributed by atoms with Crippen molar-refractivity contribution in [1.82, 2.24) is 9.80 Å². The number of ether oxygens (including phenoxy) is 1. The van der Waals surface area contributed by atoms with Crippen molar-refractivity contribution in [2.45, 2.75) is 19.6 Å². The number of hydrogen-bond acceptors (Lipinski definition) is 4. The molecule has 1 amide bonds. The van der Waals surface area contributed by atoms with E-state index in [9.17, 15) is 4.79 Å². The lowest BCUT2D eigenvalue weighted by Gasteiger charge is -2.35. The van der Waals surface area contributed by atoms with Crippen LogP contribution in [0.15, 0.2) is 30.3 Å². The summed E-state index contributed by atoms with van der Waals surface area (Å²) in [6.07, 6.45) is -0.422. The minimum atomic E-state index is -0.422. The highest BCUT2D eigenvalue weighted by Crippen LogP contribution is 2.08. The first-order valence-electron chi connectivity index (χ1n) is 7.48. The molecule has 1 fully saturated rings. The van der Waals surface area contributed by atoms with E-state index in [2.05, 4.69) is 4.90 Å². The second kappa shape index (κ2) is 8.12. The largest absolute Gasteiger partial charge is 0.395 e. The number of benzene rings is 1. The van der Waals surface area contributed by atoms with Crippen molar-refractivity contribution in [1.29, 1.82) is 0 Å². The summed E-state index contributed by atoms with van der Waals surface area (Å²) in [5, 5.41) is 8.92. The van der Waals surface area contributed by atoms with Gasteiger partial charge in [-0.25, -0.2) is 0 Å². The number of β-amino-alcohol motifs (C(OH)–C–C–N with tert-alkyl or cyclic N) is 1. The Morgan fingerprint density at radius 1 is 1.24 bits per heavy atom. The van der Waals surface area contributed by atoms with E-state index in [0.717, 1.165) is 18.7 Å². The van der Waals surface area contributed by atoms with E-state index in [4.69, 9.17) is 9.84 Å². The van der Waals surface area contributed by atoms with E-state index in [1.807, 2.05) is 42.2 Å². The van der Waals surface area contributed by atoms with E-state index < -0.39 is 6.10 Å². The average Bonchev–Trinajstić information content (AvgIpc) is 2.54. The van der Waals surface area contributed by atoms with Gasteiger partial charge in [-0.3, -0.25) is 9.69 Å². The summed E-state index contributed by atoms with van der Waals surface area (Å²) >= 11 is 0.